The van der Waals surface area contributed by atoms with Gasteiger partial charge in [0, 0.05) is 24.5 Å². The van der Waals surface area contributed by atoms with Crippen molar-refractivity contribution in [2.75, 3.05) is 6.54 Å². The lowest BCUT2D eigenvalue weighted by atomic mass is 10.1. The molecular weight excluding hydrogens is 252 g/mol. The zero-order valence-corrected chi connectivity index (χ0v) is 11.8. The van der Waals surface area contributed by atoms with E-state index >= 15 is 0 Å². The van der Waals surface area contributed by atoms with Gasteiger partial charge in [0.1, 0.15) is 0 Å². The summed E-state index contributed by atoms with van der Waals surface area (Å²) < 4.78 is 1.93. The maximum absolute atomic E-state index is 12.6. The molecule has 5 nitrogen and oxygen atoms in total. The molecule has 0 bridgehead atoms. The highest BCUT2D eigenvalue weighted by Gasteiger charge is 2.55. The van der Waals surface area contributed by atoms with Gasteiger partial charge >= 0.3 is 6.03 Å². The molecule has 5 heteroatoms. The molecule has 3 aliphatic rings. The van der Waals surface area contributed by atoms with E-state index < -0.39 is 0 Å². The third-order valence-electron chi connectivity index (χ3n) is 5.10. The maximum Gasteiger partial charge on any atom is 0.318 e. The normalized spacial score (nSPS) is 27.6. The summed E-state index contributed by atoms with van der Waals surface area (Å²) in [4.78, 5) is 14.6. The minimum Gasteiger partial charge on any atom is -0.332 e. The van der Waals surface area contributed by atoms with Crippen LogP contribution >= 0.6 is 0 Å². The van der Waals surface area contributed by atoms with Crippen molar-refractivity contribution >= 4 is 6.03 Å². The number of nitrogens with zero attached hydrogens (tertiary/aromatic N) is 3. The fourth-order valence-electron chi connectivity index (χ4n) is 3.61. The first-order valence-electron chi connectivity index (χ1n) is 7.83. The van der Waals surface area contributed by atoms with E-state index in [-0.39, 0.29) is 11.6 Å². The molecule has 2 aliphatic carbocycles. The summed E-state index contributed by atoms with van der Waals surface area (Å²) in [5.41, 5.74) is 0.177. The predicted molar refractivity (Wildman–Crippen MR) is 75.2 cm³/mol. The predicted octanol–water partition coefficient (Wildman–Crippen LogP) is 2.00. The number of amides is 2. The van der Waals surface area contributed by atoms with E-state index in [2.05, 4.69) is 10.4 Å². The summed E-state index contributed by atoms with van der Waals surface area (Å²) in [7, 11) is 0. The molecule has 2 amide bonds. The lowest BCUT2D eigenvalue weighted by Crippen LogP contribution is -2.49. The zero-order valence-electron chi connectivity index (χ0n) is 11.8. The molecule has 1 aliphatic heterocycles. The van der Waals surface area contributed by atoms with Gasteiger partial charge in [-0.3, -0.25) is 4.68 Å². The average molecular weight is 274 g/mol. The topological polar surface area (TPSA) is 50.2 Å². The summed E-state index contributed by atoms with van der Waals surface area (Å²) in [5.74, 6) is 0.763. The SMILES string of the molecule is O=C(NC1(C2CC2)CC1)N1CCC[C@@H]1Cn1cccn1. The largest absolute Gasteiger partial charge is 0.332 e. The van der Waals surface area contributed by atoms with Gasteiger partial charge in [-0.1, -0.05) is 0 Å². The summed E-state index contributed by atoms with van der Waals surface area (Å²) in [5, 5.41) is 7.60. The second-order valence-corrected chi connectivity index (χ2v) is 6.58. The minimum absolute atomic E-state index is 0.157. The van der Waals surface area contributed by atoms with Gasteiger partial charge in [-0.2, -0.15) is 5.10 Å². The first kappa shape index (κ1) is 12.2. The van der Waals surface area contributed by atoms with Crippen LogP contribution in [0.15, 0.2) is 18.5 Å². The Kier molecular flexibility index (Phi) is 2.75. The van der Waals surface area contributed by atoms with Crippen LogP contribution in [0.5, 0.6) is 0 Å². The van der Waals surface area contributed by atoms with Crippen LogP contribution in [0.1, 0.15) is 38.5 Å². The van der Waals surface area contributed by atoms with Gasteiger partial charge in [-0.25, -0.2) is 4.79 Å². The number of urea groups is 1. The Bertz CT molecular complexity index is 490. The number of nitrogens with one attached hydrogen (secondary N) is 1. The molecule has 3 fully saturated rings. The van der Waals surface area contributed by atoms with Crippen molar-refractivity contribution in [1.82, 2.24) is 20.0 Å². The fourth-order valence-corrected chi connectivity index (χ4v) is 3.61. The molecule has 0 spiro atoms. The number of carbonyl (C=O) groups excluding carboxylic acids is 1. The smallest absolute Gasteiger partial charge is 0.318 e. The molecule has 1 aromatic rings. The van der Waals surface area contributed by atoms with E-state index in [9.17, 15) is 4.79 Å². The van der Waals surface area contributed by atoms with Crippen molar-refractivity contribution in [3.8, 4) is 0 Å². The van der Waals surface area contributed by atoms with Gasteiger partial charge in [0.25, 0.3) is 0 Å². The quantitative estimate of drug-likeness (QED) is 0.913. The number of aromatic nitrogens is 2. The first-order chi connectivity index (χ1) is 9.77. The van der Waals surface area contributed by atoms with Crippen molar-refractivity contribution in [3.05, 3.63) is 18.5 Å². The molecule has 1 aromatic heterocycles. The lowest BCUT2D eigenvalue weighted by Gasteiger charge is -2.28. The fraction of sp³-hybridized carbons (Fsp3) is 0.733. The highest BCUT2D eigenvalue weighted by atomic mass is 16.2. The Morgan fingerprint density at radius 1 is 1.35 bits per heavy atom. The average Bonchev–Trinajstić information content (AvgIpc) is 3.33. The van der Waals surface area contributed by atoms with Crippen molar-refractivity contribution < 1.29 is 4.79 Å². The van der Waals surface area contributed by atoms with Crippen LogP contribution in [0, 0.1) is 5.92 Å². The van der Waals surface area contributed by atoms with Gasteiger partial charge in [-0.15, -0.1) is 0 Å². The summed E-state index contributed by atoms with van der Waals surface area (Å²) in [6.07, 6.45) is 10.9. The molecule has 0 radical (unpaired) electrons. The van der Waals surface area contributed by atoms with Crippen molar-refractivity contribution in [2.45, 2.75) is 56.7 Å². The Balaban J connectivity index is 1.40. The number of rotatable bonds is 4. The Labute approximate surface area is 119 Å². The molecule has 0 aromatic carbocycles. The molecule has 2 saturated carbocycles. The number of hydrogen-bond acceptors (Lipinski definition) is 2. The van der Waals surface area contributed by atoms with Gasteiger partial charge < -0.3 is 10.2 Å². The highest BCUT2D eigenvalue weighted by molar-refractivity contribution is 5.76. The molecular formula is C15H22N4O. The van der Waals surface area contributed by atoms with Crippen molar-refractivity contribution in [3.63, 3.8) is 0 Å². The molecule has 1 saturated heterocycles. The van der Waals surface area contributed by atoms with Crippen LogP contribution in [-0.4, -0.2) is 38.8 Å². The van der Waals surface area contributed by atoms with Gasteiger partial charge in [0.2, 0.25) is 0 Å². The third kappa shape index (κ3) is 2.19. The van der Waals surface area contributed by atoms with Crippen LogP contribution in [0.2, 0.25) is 0 Å². The Morgan fingerprint density at radius 3 is 2.85 bits per heavy atom. The number of likely N-dealkylation sites (tertiary alicyclic amines) is 1. The van der Waals surface area contributed by atoms with Crippen molar-refractivity contribution in [1.29, 1.82) is 0 Å². The van der Waals surface area contributed by atoms with E-state index in [1.54, 1.807) is 6.20 Å². The summed E-state index contributed by atoms with van der Waals surface area (Å²) >= 11 is 0. The Morgan fingerprint density at radius 2 is 2.20 bits per heavy atom. The van der Waals surface area contributed by atoms with E-state index in [0.717, 1.165) is 31.8 Å². The monoisotopic (exact) mass is 274 g/mol. The summed E-state index contributed by atoms with van der Waals surface area (Å²) in [6.45, 7) is 1.70. The van der Waals surface area contributed by atoms with Crippen LogP contribution in [0.25, 0.3) is 0 Å². The van der Waals surface area contributed by atoms with Crippen LogP contribution in [0.3, 0.4) is 0 Å². The van der Waals surface area contributed by atoms with E-state index in [1.165, 1.54) is 25.7 Å². The van der Waals surface area contributed by atoms with Crippen LogP contribution in [0.4, 0.5) is 4.79 Å². The van der Waals surface area contributed by atoms with Crippen LogP contribution < -0.4 is 5.32 Å². The van der Waals surface area contributed by atoms with Gasteiger partial charge in [0.15, 0.2) is 0 Å². The molecule has 0 unspecified atom stereocenters. The molecule has 1 atom stereocenters. The van der Waals surface area contributed by atoms with Gasteiger partial charge in [0.05, 0.1) is 12.6 Å². The minimum atomic E-state index is 0.157. The second kappa shape index (κ2) is 4.50. The van der Waals surface area contributed by atoms with Crippen molar-refractivity contribution in [2.24, 2.45) is 5.92 Å². The molecule has 1 N–H and O–H groups in total. The standard InChI is InChI=1S/C15H22N4O/c20-14(17-15(6-7-15)12-4-5-12)19-10-1-3-13(19)11-18-9-2-8-16-18/h2,8-9,12-13H,1,3-7,10-11H2,(H,17,20)/t13-/m1/s1. The number of hydrogen-bond donors (Lipinski definition) is 1. The third-order valence-corrected chi connectivity index (χ3v) is 5.10. The first-order valence-corrected chi connectivity index (χ1v) is 7.83. The second-order valence-electron chi connectivity index (χ2n) is 6.58. The van der Waals surface area contributed by atoms with Gasteiger partial charge in [-0.05, 0) is 50.5 Å². The van der Waals surface area contributed by atoms with E-state index in [0.29, 0.717) is 6.04 Å². The Hall–Kier alpha value is -1.52. The number of carbonyl (C=O) groups is 1. The van der Waals surface area contributed by atoms with E-state index in [1.807, 2.05) is 21.8 Å². The highest BCUT2D eigenvalue weighted by Crippen LogP contribution is 2.53. The zero-order chi connectivity index (χ0) is 13.6. The van der Waals surface area contributed by atoms with E-state index in [4.69, 9.17) is 0 Å². The van der Waals surface area contributed by atoms with Crippen LogP contribution in [-0.2, 0) is 6.54 Å². The molecule has 20 heavy (non-hydrogen) atoms. The molecule has 108 valence electrons. The summed E-state index contributed by atoms with van der Waals surface area (Å²) in [6, 6.07) is 2.39. The molecule has 2 heterocycles. The lowest BCUT2D eigenvalue weighted by molar-refractivity contribution is 0.179. The maximum atomic E-state index is 12.6. The molecule has 4 rings (SSSR count).